The molecule has 0 fully saturated rings. The first-order valence-corrected chi connectivity index (χ1v) is 3.28. The van der Waals surface area contributed by atoms with Crippen molar-refractivity contribution in [2.45, 2.75) is 33.3 Å². The van der Waals surface area contributed by atoms with E-state index in [1.165, 1.54) is 6.92 Å². The average molecular weight is 161 g/mol. The highest BCUT2D eigenvalue weighted by Crippen LogP contribution is 2.02. The van der Waals surface area contributed by atoms with E-state index in [0.717, 1.165) is 7.11 Å². The minimum atomic E-state index is 0.0417. The Morgan fingerprint density at radius 1 is 1.27 bits per heavy atom. The number of aliphatic hydroxyl groups is 1. The number of ether oxygens (including phenoxy) is 1. The van der Waals surface area contributed by atoms with Crippen LogP contribution in [0.15, 0.2) is 0 Å². The van der Waals surface area contributed by atoms with Crippen LogP contribution in [0.3, 0.4) is 0 Å². The summed E-state index contributed by atoms with van der Waals surface area (Å²) in [6.45, 7) is 7.49. The van der Waals surface area contributed by atoms with Crippen molar-refractivity contribution >= 4 is 0 Å². The maximum absolute atomic E-state index is 7.32. The van der Waals surface area contributed by atoms with Crippen LogP contribution in [0.1, 0.15) is 27.7 Å². The lowest BCUT2D eigenvalue weighted by Crippen LogP contribution is -2.15. The first-order chi connectivity index (χ1) is 4.97. The zero-order chi connectivity index (χ0) is 9.91. The minimum absolute atomic E-state index is 0.0417. The van der Waals surface area contributed by atoms with Gasteiger partial charge in [0.2, 0.25) is 0 Å². The van der Waals surface area contributed by atoms with E-state index >= 15 is 0 Å². The van der Waals surface area contributed by atoms with Crippen LogP contribution in [0.4, 0.5) is 0 Å². The van der Waals surface area contributed by atoms with Gasteiger partial charge < -0.3 is 9.84 Å². The summed E-state index contributed by atoms with van der Waals surface area (Å²) in [5.74, 6) is 0. The smallest absolute Gasteiger partial charge is 0.0594 e. The normalized spacial score (nSPS) is 7.82. The second kappa shape index (κ2) is 12.1. The van der Waals surface area contributed by atoms with Gasteiger partial charge in [-0.05, 0) is 20.8 Å². The van der Waals surface area contributed by atoms with Crippen LogP contribution in [-0.4, -0.2) is 24.9 Å². The van der Waals surface area contributed by atoms with Crippen LogP contribution in [0, 0.1) is 11.3 Å². The molecule has 0 aliphatic heterocycles. The monoisotopic (exact) mass is 161 g/mol. The number of nitriles is 1. The molecule has 68 valence electrons. The van der Waals surface area contributed by atoms with Crippen molar-refractivity contribution in [2.24, 2.45) is 0 Å². The third-order valence-corrected chi connectivity index (χ3v) is 0.612. The lowest BCUT2D eigenvalue weighted by Gasteiger charge is -2.14. The molecular weight excluding hydrogens is 142 g/mol. The van der Waals surface area contributed by atoms with Gasteiger partial charge in [0.15, 0.2) is 0 Å². The molecule has 0 radical (unpaired) electrons. The molecule has 0 aliphatic rings. The van der Waals surface area contributed by atoms with Gasteiger partial charge in [-0.1, -0.05) is 0 Å². The highest BCUT2D eigenvalue weighted by molar-refractivity contribution is 4.55. The molecule has 0 saturated carbocycles. The Labute approximate surface area is 69.6 Å². The van der Waals surface area contributed by atoms with Crippen LogP contribution < -0.4 is 0 Å². The Bertz CT molecular complexity index is 89.2. The third-order valence-electron chi connectivity index (χ3n) is 0.612. The molecule has 0 heterocycles. The van der Waals surface area contributed by atoms with E-state index in [2.05, 4.69) is 0 Å². The molecule has 0 aromatic carbocycles. The molecule has 0 amide bonds. The summed E-state index contributed by atoms with van der Waals surface area (Å²) in [4.78, 5) is 0. The van der Waals surface area contributed by atoms with Crippen LogP contribution in [0.25, 0.3) is 0 Å². The molecule has 3 nitrogen and oxygen atoms in total. The molecule has 0 aromatic heterocycles. The Morgan fingerprint density at radius 3 is 1.36 bits per heavy atom. The maximum atomic E-state index is 7.32. The van der Waals surface area contributed by atoms with Gasteiger partial charge in [-0.15, -0.1) is 0 Å². The van der Waals surface area contributed by atoms with Crippen molar-refractivity contribution in [3.8, 4) is 6.07 Å². The first-order valence-electron chi connectivity index (χ1n) is 3.28. The Balaban J connectivity index is -0.000000109. The zero-order valence-electron chi connectivity index (χ0n) is 8.30. The lowest BCUT2D eigenvalue weighted by atomic mass is 10.2. The van der Waals surface area contributed by atoms with Gasteiger partial charge in [-0.3, -0.25) is 0 Å². The number of rotatable bonds is 0. The van der Waals surface area contributed by atoms with Gasteiger partial charge in [0.25, 0.3) is 0 Å². The second-order valence-corrected chi connectivity index (χ2v) is 2.54. The number of hydrogen-bond acceptors (Lipinski definition) is 3. The largest absolute Gasteiger partial charge is 0.400 e. The summed E-state index contributed by atoms with van der Waals surface area (Å²) in [7, 11) is 2.71. The maximum Gasteiger partial charge on any atom is 0.0594 e. The molecule has 0 aliphatic carbocycles. The van der Waals surface area contributed by atoms with Crippen molar-refractivity contribution in [1.29, 1.82) is 5.26 Å². The molecule has 0 unspecified atom stereocenters. The summed E-state index contributed by atoms with van der Waals surface area (Å²) in [6.07, 6.45) is 0. The highest BCUT2D eigenvalue weighted by Gasteiger charge is 2.03. The predicted molar refractivity (Wildman–Crippen MR) is 46.2 cm³/mol. The van der Waals surface area contributed by atoms with Crippen molar-refractivity contribution in [3.63, 3.8) is 0 Å². The van der Waals surface area contributed by atoms with E-state index in [4.69, 9.17) is 15.1 Å². The Morgan fingerprint density at radius 2 is 1.36 bits per heavy atom. The summed E-state index contributed by atoms with van der Waals surface area (Å²) in [5.41, 5.74) is 0.0417. The van der Waals surface area contributed by atoms with Gasteiger partial charge in [0.1, 0.15) is 0 Å². The summed E-state index contributed by atoms with van der Waals surface area (Å²) in [6, 6.07) is 1.75. The van der Waals surface area contributed by atoms with Crippen molar-refractivity contribution in [3.05, 3.63) is 0 Å². The quantitative estimate of drug-likeness (QED) is 0.586. The Hall–Kier alpha value is -0.590. The van der Waals surface area contributed by atoms with Crippen molar-refractivity contribution < 1.29 is 9.84 Å². The number of hydrogen-bond donors (Lipinski definition) is 1. The van der Waals surface area contributed by atoms with E-state index in [-0.39, 0.29) is 5.60 Å². The van der Waals surface area contributed by atoms with Crippen LogP contribution in [-0.2, 0) is 4.74 Å². The minimum Gasteiger partial charge on any atom is -0.400 e. The van der Waals surface area contributed by atoms with Gasteiger partial charge in [0.05, 0.1) is 11.7 Å². The summed E-state index contributed by atoms with van der Waals surface area (Å²) >= 11 is 0. The fourth-order valence-corrected chi connectivity index (χ4v) is 0. The van der Waals surface area contributed by atoms with Crippen LogP contribution in [0.5, 0.6) is 0 Å². The van der Waals surface area contributed by atoms with Crippen molar-refractivity contribution in [1.82, 2.24) is 0 Å². The van der Waals surface area contributed by atoms with E-state index in [1.807, 2.05) is 20.8 Å². The Kier molecular flexibility index (Phi) is 18.5. The third kappa shape index (κ3) is 89.0. The van der Waals surface area contributed by atoms with Gasteiger partial charge in [-0.25, -0.2) is 0 Å². The van der Waals surface area contributed by atoms with Crippen LogP contribution in [0.2, 0.25) is 0 Å². The van der Waals surface area contributed by atoms with E-state index in [9.17, 15) is 0 Å². The number of methoxy groups -OCH3 is 1. The second-order valence-electron chi connectivity index (χ2n) is 2.54. The fraction of sp³-hybridized carbons (Fsp3) is 0.875. The molecule has 11 heavy (non-hydrogen) atoms. The van der Waals surface area contributed by atoms with Gasteiger partial charge in [0, 0.05) is 21.1 Å². The number of aliphatic hydroxyl groups excluding tert-OH is 1. The fourth-order valence-electron chi connectivity index (χ4n) is 0. The molecule has 0 rings (SSSR count). The van der Waals surface area contributed by atoms with Crippen LogP contribution >= 0.6 is 0 Å². The molecule has 0 saturated heterocycles. The SMILES string of the molecule is CC#N.CO.COC(C)(C)C. The summed E-state index contributed by atoms with van der Waals surface area (Å²) in [5, 5.41) is 14.3. The molecule has 0 spiro atoms. The molecule has 1 N–H and O–H groups in total. The van der Waals surface area contributed by atoms with E-state index < -0.39 is 0 Å². The molecule has 3 heteroatoms. The van der Waals surface area contributed by atoms with E-state index in [1.54, 1.807) is 13.2 Å². The lowest BCUT2D eigenvalue weighted by molar-refractivity contribution is 0.0397. The first kappa shape index (κ1) is 16.8. The summed E-state index contributed by atoms with van der Waals surface area (Å²) < 4.78 is 4.94. The molecule has 0 aromatic rings. The molecule has 0 bridgehead atoms. The zero-order valence-corrected chi connectivity index (χ0v) is 8.30. The number of nitrogens with zero attached hydrogens (tertiary/aromatic N) is 1. The average Bonchev–Trinajstić information content (AvgIpc) is 1.93. The van der Waals surface area contributed by atoms with Crippen molar-refractivity contribution in [2.75, 3.05) is 14.2 Å². The molecular formula is C8H19NO2. The predicted octanol–water partition coefficient (Wildman–Crippen LogP) is 1.57. The van der Waals surface area contributed by atoms with Gasteiger partial charge in [-0.2, -0.15) is 5.26 Å². The van der Waals surface area contributed by atoms with E-state index in [0.29, 0.717) is 0 Å². The topological polar surface area (TPSA) is 53.2 Å². The highest BCUT2D eigenvalue weighted by atomic mass is 16.5. The standard InChI is InChI=1S/C5H12O.C2H3N.CH4O/c1-5(2,3)6-4;1-2-3;1-2/h1-4H3;1H3;2H,1H3. The molecule has 0 atom stereocenters. The van der Waals surface area contributed by atoms with Gasteiger partial charge >= 0.3 is 0 Å².